The molecule has 2 atom stereocenters. The molecule has 0 bridgehead atoms. The second-order valence-corrected chi connectivity index (χ2v) is 7.54. The van der Waals surface area contributed by atoms with Crippen molar-refractivity contribution in [1.82, 2.24) is 4.72 Å². The van der Waals surface area contributed by atoms with E-state index in [0.29, 0.717) is 12.1 Å². The maximum absolute atomic E-state index is 12.3. The molecule has 0 spiro atoms. The van der Waals surface area contributed by atoms with E-state index in [-0.39, 0.29) is 10.9 Å². The highest BCUT2D eigenvalue weighted by Crippen LogP contribution is 2.41. The van der Waals surface area contributed by atoms with E-state index in [9.17, 15) is 13.5 Å². The summed E-state index contributed by atoms with van der Waals surface area (Å²) in [6.45, 7) is 5.49. The summed E-state index contributed by atoms with van der Waals surface area (Å²) in [6.07, 6.45) is -0.0316. The van der Waals surface area contributed by atoms with Crippen LogP contribution in [0.1, 0.15) is 25.8 Å². The number of aryl methyl sites for hydroxylation is 1. The van der Waals surface area contributed by atoms with Crippen molar-refractivity contribution in [3.8, 4) is 0 Å². The molecule has 0 radical (unpaired) electrons. The molecule has 1 saturated carbocycles. The third kappa shape index (κ3) is 2.61. The van der Waals surface area contributed by atoms with Crippen LogP contribution in [0.5, 0.6) is 0 Å². The molecule has 1 fully saturated rings. The molecule has 1 aromatic rings. The molecule has 2 rings (SSSR count). The monoisotopic (exact) mass is 284 g/mol. The Morgan fingerprint density at radius 1 is 1.37 bits per heavy atom. The van der Waals surface area contributed by atoms with Gasteiger partial charge in [-0.25, -0.2) is 13.1 Å². The van der Waals surface area contributed by atoms with Crippen molar-refractivity contribution in [2.75, 3.05) is 5.73 Å². The van der Waals surface area contributed by atoms with E-state index in [4.69, 9.17) is 5.73 Å². The van der Waals surface area contributed by atoms with Gasteiger partial charge in [-0.3, -0.25) is 0 Å². The van der Waals surface area contributed by atoms with E-state index < -0.39 is 21.5 Å². The molecule has 1 aliphatic rings. The van der Waals surface area contributed by atoms with E-state index in [1.165, 1.54) is 6.07 Å². The minimum Gasteiger partial charge on any atom is -0.399 e. The lowest BCUT2D eigenvalue weighted by Crippen LogP contribution is -2.61. The number of benzene rings is 1. The summed E-state index contributed by atoms with van der Waals surface area (Å²) < 4.78 is 27.2. The normalized spacial score (nSPS) is 25.9. The van der Waals surface area contributed by atoms with Crippen LogP contribution in [-0.4, -0.2) is 25.7 Å². The Hall–Kier alpha value is -1.11. The van der Waals surface area contributed by atoms with Gasteiger partial charge in [0.2, 0.25) is 10.0 Å². The second-order valence-electron chi connectivity index (χ2n) is 5.83. The Kier molecular flexibility index (Phi) is 3.36. The SMILES string of the molecule is Cc1cc(N)cc(S(=O)(=O)NC2CC(O)C2(C)C)c1. The van der Waals surface area contributed by atoms with Gasteiger partial charge in [0.1, 0.15) is 0 Å². The van der Waals surface area contributed by atoms with E-state index in [1.807, 2.05) is 13.8 Å². The van der Waals surface area contributed by atoms with Gasteiger partial charge in [0.15, 0.2) is 0 Å². The first kappa shape index (κ1) is 14.3. The number of aliphatic hydroxyl groups is 1. The quantitative estimate of drug-likeness (QED) is 0.722. The summed E-state index contributed by atoms with van der Waals surface area (Å²) in [6, 6.07) is 4.49. The van der Waals surface area contributed by atoms with Crippen LogP contribution in [0, 0.1) is 12.3 Å². The van der Waals surface area contributed by atoms with Crippen molar-refractivity contribution in [3.05, 3.63) is 23.8 Å². The molecule has 6 heteroatoms. The standard InChI is InChI=1S/C13H20N2O3S/c1-8-4-9(14)6-10(5-8)19(17,18)15-11-7-12(16)13(11,2)3/h4-6,11-12,15-16H,7,14H2,1-3H3. The highest BCUT2D eigenvalue weighted by Gasteiger charge is 2.48. The highest BCUT2D eigenvalue weighted by molar-refractivity contribution is 7.89. The van der Waals surface area contributed by atoms with Crippen LogP contribution in [0.3, 0.4) is 0 Å². The molecule has 0 aromatic heterocycles. The molecule has 0 heterocycles. The zero-order chi connectivity index (χ0) is 14.4. The van der Waals surface area contributed by atoms with Gasteiger partial charge < -0.3 is 10.8 Å². The van der Waals surface area contributed by atoms with Gasteiger partial charge in [0.25, 0.3) is 0 Å². The van der Waals surface area contributed by atoms with Gasteiger partial charge in [-0.05, 0) is 37.1 Å². The first-order valence-corrected chi connectivity index (χ1v) is 7.69. The fourth-order valence-corrected chi connectivity index (χ4v) is 3.83. The molecular weight excluding hydrogens is 264 g/mol. The van der Waals surface area contributed by atoms with Crippen molar-refractivity contribution < 1.29 is 13.5 Å². The Morgan fingerprint density at radius 2 is 2.00 bits per heavy atom. The van der Waals surface area contributed by atoms with Gasteiger partial charge in [-0.2, -0.15) is 0 Å². The molecule has 1 aromatic carbocycles. The zero-order valence-corrected chi connectivity index (χ0v) is 12.2. The maximum atomic E-state index is 12.3. The second kappa shape index (κ2) is 4.47. The molecule has 106 valence electrons. The van der Waals surface area contributed by atoms with Gasteiger partial charge in [-0.1, -0.05) is 13.8 Å². The summed E-state index contributed by atoms with van der Waals surface area (Å²) in [5.41, 5.74) is 6.46. The smallest absolute Gasteiger partial charge is 0.240 e. The lowest BCUT2D eigenvalue weighted by Gasteiger charge is -2.49. The van der Waals surface area contributed by atoms with Crippen molar-refractivity contribution in [2.45, 2.75) is 44.2 Å². The van der Waals surface area contributed by atoms with Gasteiger partial charge in [0, 0.05) is 17.1 Å². The molecule has 0 saturated heterocycles. The van der Waals surface area contributed by atoms with Crippen LogP contribution in [0.4, 0.5) is 5.69 Å². The van der Waals surface area contributed by atoms with Crippen molar-refractivity contribution in [3.63, 3.8) is 0 Å². The number of aliphatic hydroxyl groups excluding tert-OH is 1. The zero-order valence-electron chi connectivity index (χ0n) is 11.3. The fraction of sp³-hybridized carbons (Fsp3) is 0.538. The summed E-state index contributed by atoms with van der Waals surface area (Å²) >= 11 is 0. The molecule has 2 unspecified atom stereocenters. The number of nitrogen functional groups attached to an aromatic ring is 1. The number of sulfonamides is 1. The Morgan fingerprint density at radius 3 is 2.47 bits per heavy atom. The summed E-state index contributed by atoms with van der Waals surface area (Å²) in [5, 5.41) is 9.65. The van der Waals surface area contributed by atoms with Crippen LogP contribution in [0.2, 0.25) is 0 Å². The number of anilines is 1. The molecule has 1 aliphatic carbocycles. The van der Waals surface area contributed by atoms with Crippen molar-refractivity contribution in [1.29, 1.82) is 0 Å². The predicted octanol–water partition coefficient (Wildman–Crippen LogP) is 1.01. The molecule has 19 heavy (non-hydrogen) atoms. The summed E-state index contributed by atoms with van der Waals surface area (Å²) in [5.74, 6) is 0. The average molecular weight is 284 g/mol. The largest absolute Gasteiger partial charge is 0.399 e. The Labute approximate surface area is 113 Å². The first-order valence-electron chi connectivity index (χ1n) is 6.20. The first-order chi connectivity index (χ1) is 8.63. The fourth-order valence-electron chi connectivity index (χ4n) is 2.29. The topological polar surface area (TPSA) is 92.4 Å². The van der Waals surface area contributed by atoms with Crippen LogP contribution >= 0.6 is 0 Å². The van der Waals surface area contributed by atoms with Crippen LogP contribution < -0.4 is 10.5 Å². The van der Waals surface area contributed by atoms with Crippen molar-refractivity contribution >= 4 is 15.7 Å². The molecule has 4 N–H and O–H groups in total. The summed E-state index contributed by atoms with van der Waals surface area (Å²) in [4.78, 5) is 0.169. The molecule has 5 nitrogen and oxygen atoms in total. The number of nitrogens with two attached hydrogens (primary N) is 1. The molecular formula is C13H20N2O3S. The van der Waals surface area contributed by atoms with Gasteiger partial charge >= 0.3 is 0 Å². The van der Waals surface area contributed by atoms with Gasteiger partial charge in [-0.15, -0.1) is 0 Å². The van der Waals surface area contributed by atoms with Crippen LogP contribution in [-0.2, 0) is 10.0 Å². The Balaban J connectivity index is 2.24. The minimum absolute atomic E-state index is 0.169. The molecule has 0 amide bonds. The highest BCUT2D eigenvalue weighted by atomic mass is 32.2. The number of rotatable bonds is 3. The van der Waals surface area contributed by atoms with Crippen LogP contribution in [0.15, 0.2) is 23.1 Å². The maximum Gasteiger partial charge on any atom is 0.240 e. The van der Waals surface area contributed by atoms with E-state index >= 15 is 0 Å². The molecule has 0 aliphatic heterocycles. The Bertz CT molecular complexity index is 576. The van der Waals surface area contributed by atoms with Crippen molar-refractivity contribution in [2.24, 2.45) is 5.41 Å². The lowest BCUT2D eigenvalue weighted by molar-refractivity contribution is -0.0645. The number of hydrogen-bond acceptors (Lipinski definition) is 4. The third-order valence-electron chi connectivity index (χ3n) is 3.90. The summed E-state index contributed by atoms with van der Waals surface area (Å²) in [7, 11) is -3.60. The lowest BCUT2D eigenvalue weighted by atomic mass is 9.65. The average Bonchev–Trinajstić information content (AvgIpc) is 2.27. The third-order valence-corrected chi connectivity index (χ3v) is 5.35. The number of nitrogens with one attached hydrogen (secondary N) is 1. The van der Waals surface area contributed by atoms with Gasteiger partial charge in [0.05, 0.1) is 11.0 Å². The minimum atomic E-state index is -3.60. The predicted molar refractivity (Wildman–Crippen MR) is 74.1 cm³/mol. The van der Waals surface area contributed by atoms with Crippen LogP contribution in [0.25, 0.3) is 0 Å². The van der Waals surface area contributed by atoms with E-state index in [2.05, 4.69) is 4.72 Å². The van der Waals surface area contributed by atoms with E-state index in [0.717, 1.165) is 5.56 Å². The number of hydrogen-bond donors (Lipinski definition) is 3. The van der Waals surface area contributed by atoms with E-state index in [1.54, 1.807) is 19.1 Å².